The summed E-state index contributed by atoms with van der Waals surface area (Å²) >= 11 is 0. The summed E-state index contributed by atoms with van der Waals surface area (Å²) in [6.07, 6.45) is -13.5. The third kappa shape index (κ3) is 7.97. The summed E-state index contributed by atoms with van der Waals surface area (Å²) in [5, 5.41) is 105. The second-order valence-electron chi connectivity index (χ2n) is 22.9. The van der Waals surface area contributed by atoms with Gasteiger partial charge in [0.1, 0.15) is 67.1 Å². The number of aliphatic hydroxyl groups excluding tert-OH is 10. The second kappa shape index (κ2) is 18.3. The number of hydrogen-bond donors (Lipinski definition) is 10. The summed E-state index contributed by atoms with van der Waals surface area (Å²) in [5.41, 5.74) is -2.14. The minimum atomic E-state index is -1.76. The van der Waals surface area contributed by atoms with Gasteiger partial charge in [0.05, 0.1) is 43.9 Å². The first-order chi connectivity index (χ1) is 31.4. The molecule has 2 unspecified atom stereocenters. The quantitative estimate of drug-likeness (QED) is 0.0822. The minimum Gasteiger partial charge on any atom is -0.469 e. The van der Waals surface area contributed by atoms with Crippen molar-refractivity contribution in [1.29, 1.82) is 0 Å². The largest absolute Gasteiger partial charge is 0.469 e. The maximum atomic E-state index is 14.8. The standard InChI is InChI=1S/C48H76O19/c1-43(2)27-10-13-47(6)28(45(27,4)12-11-29(43)65-38-36(58)37(24(51)21-62-38)66-39-34(56)32(54)30(52)25(19-49)63-39)9-8-22-23-18-44(3,41(59)61-7)14-16-48(23,17-15-46(22,47)5)42(60)67-40-35(57)33(55)31(53)26(20-50)64-40/h8,23-40,49-58H,9-21H2,1-7H3/t23?,24-,25+,26+,27?,28+,29-,30+,31+,32-,33-,34+,35+,36+,37-,38-,39-,40-,44+,45-,46+,47+,48-/m0/s1. The molecule has 19 heteroatoms. The van der Waals surface area contributed by atoms with E-state index >= 15 is 0 Å². The van der Waals surface area contributed by atoms with Gasteiger partial charge < -0.3 is 84.2 Å². The number of carbonyl (C=O) groups excluding carboxylic acids is 2. The van der Waals surface area contributed by atoms with Crippen molar-refractivity contribution in [2.24, 2.45) is 50.2 Å². The van der Waals surface area contributed by atoms with Gasteiger partial charge in [-0.25, -0.2) is 0 Å². The summed E-state index contributed by atoms with van der Waals surface area (Å²) < 4.78 is 40.8. The van der Waals surface area contributed by atoms with Crippen LogP contribution in [0.4, 0.5) is 0 Å². The zero-order chi connectivity index (χ0) is 49.0. The smallest absolute Gasteiger partial charge is 0.315 e. The van der Waals surface area contributed by atoms with E-state index < -0.39 is 133 Å². The van der Waals surface area contributed by atoms with Gasteiger partial charge >= 0.3 is 11.9 Å². The Morgan fingerprint density at radius 3 is 1.91 bits per heavy atom. The van der Waals surface area contributed by atoms with E-state index in [1.807, 2.05) is 6.92 Å². The van der Waals surface area contributed by atoms with Crippen LogP contribution in [-0.4, -0.2) is 182 Å². The normalized spacial score (nSPS) is 52.9. The number of aliphatic hydroxyl groups is 10. The van der Waals surface area contributed by atoms with Gasteiger partial charge in [-0.3, -0.25) is 9.59 Å². The number of allylic oxidation sites excluding steroid dienone is 2. The van der Waals surface area contributed by atoms with Crippen LogP contribution in [0, 0.1) is 50.2 Å². The van der Waals surface area contributed by atoms with E-state index in [4.69, 9.17) is 33.2 Å². The average Bonchev–Trinajstić information content (AvgIpc) is 3.29. The molecule has 0 amide bonds. The van der Waals surface area contributed by atoms with Crippen LogP contribution >= 0.6 is 0 Å². The van der Waals surface area contributed by atoms with Crippen molar-refractivity contribution >= 4 is 11.9 Å². The molecule has 23 atom stereocenters. The Bertz CT molecular complexity index is 1860. The molecule has 3 aliphatic heterocycles. The Morgan fingerprint density at radius 2 is 1.28 bits per heavy atom. The minimum absolute atomic E-state index is 0.163. The molecule has 382 valence electrons. The van der Waals surface area contributed by atoms with Crippen LogP contribution in [-0.2, 0) is 42.7 Å². The molecule has 0 radical (unpaired) electrons. The number of fused-ring (bicyclic) bond motifs is 7. The van der Waals surface area contributed by atoms with Gasteiger partial charge in [0.2, 0.25) is 6.29 Å². The summed E-state index contributed by atoms with van der Waals surface area (Å²) in [6.45, 7) is 11.7. The molecule has 7 fully saturated rings. The molecule has 10 N–H and O–H groups in total. The van der Waals surface area contributed by atoms with Crippen molar-refractivity contribution < 1.29 is 93.8 Å². The average molecular weight is 957 g/mol. The van der Waals surface area contributed by atoms with E-state index in [0.29, 0.717) is 38.5 Å². The lowest BCUT2D eigenvalue weighted by molar-refractivity contribution is -0.357. The third-order valence-corrected chi connectivity index (χ3v) is 19.4. The molecule has 8 rings (SSSR count). The fourth-order valence-corrected chi connectivity index (χ4v) is 15.0. The van der Waals surface area contributed by atoms with Gasteiger partial charge in [0, 0.05) is 0 Å². The SMILES string of the molecule is COC(=O)[C@]1(C)CC[C@]2(C(=O)O[C@@H]3O[C@H](CO)[C@@H](O)[C@H](O)[C@H]3O)CC[C@]3(C)C(=CC[C@@H]4[C@@]5(C)CC[C@H](O[C@@H]6OC[C@H](O)[C@H](O[C@@H]7O[C@H](CO)[C@@H](O)[C@H](O)[C@H]7O)[C@H]6O)C(C)(C)C5CC[C@]43C)C2C1. The Labute approximate surface area is 391 Å². The lowest BCUT2D eigenvalue weighted by Crippen LogP contribution is -2.66. The number of methoxy groups -OCH3 is 1. The van der Waals surface area contributed by atoms with E-state index in [2.05, 4.69) is 40.7 Å². The monoisotopic (exact) mass is 956 g/mol. The molecule has 0 spiro atoms. The first kappa shape index (κ1) is 51.4. The second-order valence-corrected chi connectivity index (χ2v) is 22.9. The van der Waals surface area contributed by atoms with Crippen LogP contribution in [0.15, 0.2) is 11.6 Å². The van der Waals surface area contributed by atoms with Gasteiger partial charge in [-0.1, -0.05) is 46.3 Å². The Hall–Kier alpha value is -1.92. The number of rotatable bonds is 9. The van der Waals surface area contributed by atoms with Gasteiger partial charge in [0.15, 0.2) is 12.6 Å². The molecule has 0 aromatic heterocycles. The Morgan fingerprint density at radius 1 is 0.672 bits per heavy atom. The van der Waals surface area contributed by atoms with Gasteiger partial charge in [-0.15, -0.1) is 0 Å². The summed E-state index contributed by atoms with van der Waals surface area (Å²) in [6, 6.07) is 0. The van der Waals surface area contributed by atoms with Crippen molar-refractivity contribution in [2.75, 3.05) is 26.9 Å². The van der Waals surface area contributed by atoms with Crippen molar-refractivity contribution in [2.45, 2.75) is 198 Å². The van der Waals surface area contributed by atoms with E-state index in [-0.39, 0.29) is 41.3 Å². The molecule has 5 aliphatic carbocycles. The molecule has 67 heavy (non-hydrogen) atoms. The third-order valence-electron chi connectivity index (χ3n) is 19.4. The van der Waals surface area contributed by atoms with Gasteiger partial charge in [0.25, 0.3) is 0 Å². The molecule has 3 saturated heterocycles. The zero-order valence-electron chi connectivity index (χ0n) is 39.8. The van der Waals surface area contributed by atoms with Crippen LogP contribution in [0.25, 0.3) is 0 Å². The molecule has 3 heterocycles. The lowest BCUT2D eigenvalue weighted by atomic mass is 9.33. The molecular weight excluding hydrogens is 881 g/mol. The van der Waals surface area contributed by atoms with Crippen LogP contribution in [0.5, 0.6) is 0 Å². The number of esters is 2. The van der Waals surface area contributed by atoms with E-state index in [0.717, 1.165) is 31.3 Å². The predicted molar refractivity (Wildman–Crippen MR) is 231 cm³/mol. The number of carbonyl (C=O) groups is 2. The molecular formula is C48H76O19. The van der Waals surface area contributed by atoms with E-state index in [9.17, 15) is 60.7 Å². The van der Waals surface area contributed by atoms with Crippen molar-refractivity contribution in [3.8, 4) is 0 Å². The maximum Gasteiger partial charge on any atom is 0.315 e. The van der Waals surface area contributed by atoms with Crippen molar-refractivity contribution in [3.05, 3.63) is 11.6 Å². The van der Waals surface area contributed by atoms with Crippen molar-refractivity contribution in [3.63, 3.8) is 0 Å². The molecule has 4 saturated carbocycles. The van der Waals surface area contributed by atoms with Crippen molar-refractivity contribution in [1.82, 2.24) is 0 Å². The highest BCUT2D eigenvalue weighted by molar-refractivity contribution is 5.81. The van der Waals surface area contributed by atoms with Gasteiger partial charge in [-0.05, 0) is 111 Å². The zero-order valence-corrected chi connectivity index (χ0v) is 39.8. The predicted octanol–water partition coefficient (Wildman–Crippen LogP) is -0.0673. The topological polar surface area (TPSA) is 301 Å². The number of ether oxygens (including phenoxy) is 7. The lowest BCUT2D eigenvalue weighted by Gasteiger charge is -2.71. The van der Waals surface area contributed by atoms with Crippen LogP contribution in [0.1, 0.15) is 106 Å². The Balaban J connectivity index is 1.03. The summed E-state index contributed by atoms with van der Waals surface area (Å²) in [4.78, 5) is 28.3. The van der Waals surface area contributed by atoms with E-state index in [1.165, 1.54) is 7.11 Å². The first-order valence-corrected chi connectivity index (χ1v) is 24.3. The molecule has 0 aromatic rings. The van der Waals surface area contributed by atoms with Crippen LogP contribution < -0.4 is 0 Å². The number of hydrogen-bond acceptors (Lipinski definition) is 19. The highest BCUT2D eigenvalue weighted by atomic mass is 16.7. The van der Waals surface area contributed by atoms with Crippen LogP contribution in [0.3, 0.4) is 0 Å². The van der Waals surface area contributed by atoms with E-state index in [1.54, 1.807) is 0 Å². The van der Waals surface area contributed by atoms with Gasteiger partial charge in [-0.2, -0.15) is 0 Å². The molecule has 0 bridgehead atoms. The highest BCUT2D eigenvalue weighted by Crippen LogP contribution is 2.76. The van der Waals surface area contributed by atoms with Crippen LogP contribution in [0.2, 0.25) is 0 Å². The summed E-state index contributed by atoms with van der Waals surface area (Å²) in [7, 11) is 1.37. The summed E-state index contributed by atoms with van der Waals surface area (Å²) in [5.74, 6) is -1.03. The fourth-order valence-electron chi connectivity index (χ4n) is 15.0. The molecule has 8 aliphatic rings. The first-order valence-electron chi connectivity index (χ1n) is 24.3. The Kier molecular flexibility index (Phi) is 14.0. The molecule has 19 nitrogen and oxygen atoms in total. The highest BCUT2D eigenvalue weighted by Gasteiger charge is 2.71. The fraction of sp³-hybridized carbons (Fsp3) is 0.917. The maximum absolute atomic E-state index is 14.8. The molecule has 0 aromatic carbocycles.